The second-order valence-electron chi connectivity index (χ2n) is 7.33. The quantitative estimate of drug-likeness (QED) is 0.178. The van der Waals surface area contributed by atoms with Gasteiger partial charge in [0.25, 0.3) is 5.91 Å². The van der Waals surface area contributed by atoms with Gasteiger partial charge in [-0.1, -0.05) is 41.9 Å². The molecule has 3 aromatic rings. The largest absolute Gasteiger partial charge is 0.503 e. The van der Waals surface area contributed by atoms with E-state index in [4.69, 9.17) is 16.3 Å². The van der Waals surface area contributed by atoms with Crippen LogP contribution in [-0.4, -0.2) is 38.3 Å². The van der Waals surface area contributed by atoms with Crippen molar-refractivity contribution < 1.29 is 23.1 Å². The lowest BCUT2D eigenvalue weighted by molar-refractivity contribution is -0.122. The summed E-state index contributed by atoms with van der Waals surface area (Å²) in [6.07, 6.45) is 1.43. The predicted molar refractivity (Wildman–Crippen MR) is 143 cm³/mol. The number of benzene rings is 3. The van der Waals surface area contributed by atoms with Gasteiger partial charge < -0.3 is 9.84 Å². The summed E-state index contributed by atoms with van der Waals surface area (Å²) in [5.74, 6) is -0.656. The highest BCUT2D eigenvalue weighted by Crippen LogP contribution is 2.34. The number of phenols is 1. The van der Waals surface area contributed by atoms with E-state index in [1.807, 2.05) is 6.07 Å². The first-order valence-corrected chi connectivity index (χ1v) is 13.4. The van der Waals surface area contributed by atoms with Gasteiger partial charge >= 0.3 is 0 Å². The van der Waals surface area contributed by atoms with Crippen molar-refractivity contribution in [3.63, 3.8) is 0 Å². The predicted octanol–water partition coefficient (Wildman–Crippen LogP) is 4.09. The van der Waals surface area contributed by atoms with Crippen LogP contribution in [0.2, 0.25) is 5.02 Å². The van der Waals surface area contributed by atoms with Crippen molar-refractivity contribution in [2.24, 2.45) is 5.10 Å². The lowest BCUT2D eigenvalue weighted by Gasteiger charge is -2.17. The monoisotopic (exact) mass is 627 g/mol. The van der Waals surface area contributed by atoms with Crippen LogP contribution in [0.5, 0.6) is 11.5 Å². The second kappa shape index (κ2) is 12.3. The topological polar surface area (TPSA) is 117 Å². The van der Waals surface area contributed by atoms with E-state index >= 15 is 0 Å². The molecule has 35 heavy (non-hydrogen) atoms. The standard InChI is InChI=1S/C24H23ClIN3O5S/c1-2-34-22-14-17(12-20(25)23(22)30)15-27-28-24(31)21(13-16-6-4-3-5-7-16)29-35(32,33)19-10-8-18(26)9-11-19/h3-12,14-15,21,29-30H,2,13H2,1H3,(H,28,31)/b27-15-/t21-/m1/s1. The van der Waals surface area contributed by atoms with Gasteiger partial charge in [-0.25, -0.2) is 13.8 Å². The van der Waals surface area contributed by atoms with Crippen LogP contribution in [0.15, 0.2) is 76.7 Å². The van der Waals surface area contributed by atoms with E-state index in [1.54, 1.807) is 43.3 Å². The number of carbonyl (C=O) groups is 1. The Hall–Kier alpha value is -2.67. The summed E-state index contributed by atoms with van der Waals surface area (Å²) >= 11 is 8.10. The van der Waals surface area contributed by atoms with Crippen LogP contribution in [0.25, 0.3) is 0 Å². The summed E-state index contributed by atoms with van der Waals surface area (Å²) in [5.41, 5.74) is 3.62. The molecule has 8 nitrogen and oxygen atoms in total. The number of ether oxygens (including phenoxy) is 1. The zero-order valence-corrected chi connectivity index (χ0v) is 22.3. The molecule has 1 atom stereocenters. The van der Waals surface area contributed by atoms with Crippen LogP contribution in [0.3, 0.4) is 0 Å². The Morgan fingerprint density at radius 3 is 2.51 bits per heavy atom. The number of halogens is 2. The van der Waals surface area contributed by atoms with E-state index in [2.05, 4.69) is 37.8 Å². The van der Waals surface area contributed by atoms with Crippen molar-refractivity contribution >= 4 is 56.3 Å². The summed E-state index contributed by atoms with van der Waals surface area (Å²) in [6, 6.07) is 17.2. The number of carbonyl (C=O) groups excluding carboxylic acids is 1. The molecule has 0 aliphatic heterocycles. The maximum absolute atomic E-state index is 12.9. The molecular formula is C24H23ClIN3O5S. The van der Waals surface area contributed by atoms with Gasteiger partial charge in [0.15, 0.2) is 11.5 Å². The Kier molecular flexibility index (Phi) is 9.49. The molecule has 3 N–H and O–H groups in total. The van der Waals surface area contributed by atoms with E-state index in [1.165, 1.54) is 30.5 Å². The van der Waals surface area contributed by atoms with Gasteiger partial charge in [0.1, 0.15) is 6.04 Å². The van der Waals surface area contributed by atoms with E-state index in [9.17, 15) is 18.3 Å². The van der Waals surface area contributed by atoms with Gasteiger partial charge in [0, 0.05) is 3.57 Å². The Morgan fingerprint density at radius 1 is 1.17 bits per heavy atom. The van der Waals surface area contributed by atoms with Gasteiger partial charge in [-0.3, -0.25) is 4.79 Å². The molecule has 184 valence electrons. The first kappa shape index (κ1) is 26.9. The lowest BCUT2D eigenvalue weighted by atomic mass is 10.1. The average Bonchev–Trinajstić information content (AvgIpc) is 2.82. The SMILES string of the molecule is CCOc1cc(/C=N\NC(=O)[C@@H](Cc2ccccc2)NS(=O)(=O)c2ccc(I)cc2)cc(Cl)c1O. The minimum atomic E-state index is -3.97. The fraction of sp³-hybridized carbons (Fsp3) is 0.167. The van der Waals surface area contributed by atoms with Gasteiger partial charge in [0.05, 0.1) is 22.7 Å². The van der Waals surface area contributed by atoms with E-state index in [-0.39, 0.29) is 27.8 Å². The number of nitrogens with zero attached hydrogens (tertiary/aromatic N) is 1. The molecule has 0 aliphatic carbocycles. The van der Waals surface area contributed by atoms with Gasteiger partial charge in [-0.15, -0.1) is 0 Å². The summed E-state index contributed by atoms with van der Waals surface area (Å²) in [4.78, 5) is 13.0. The van der Waals surface area contributed by atoms with Crippen molar-refractivity contribution in [2.75, 3.05) is 6.61 Å². The van der Waals surface area contributed by atoms with Crippen LogP contribution in [0.1, 0.15) is 18.1 Å². The Balaban J connectivity index is 1.79. The highest BCUT2D eigenvalue weighted by Gasteiger charge is 2.26. The van der Waals surface area contributed by atoms with E-state index in [0.717, 1.165) is 9.13 Å². The second-order valence-corrected chi connectivity index (χ2v) is 10.7. The summed E-state index contributed by atoms with van der Waals surface area (Å²) in [5, 5.41) is 14.0. The molecule has 3 rings (SSSR count). The number of hydrogen-bond donors (Lipinski definition) is 3. The zero-order valence-electron chi connectivity index (χ0n) is 18.6. The fourth-order valence-electron chi connectivity index (χ4n) is 3.09. The molecule has 0 saturated heterocycles. The minimum Gasteiger partial charge on any atom is -0.503 e. The van der Waals surface area contributed by atoms with E-state index < -0.39 is 22.0 Å². The fourth-order valence-corrected chi connectivity index (χ4v) is 4.86. The molecule has 1 amide bonds. The molecule has 0 radical (unpaired) electrons. The average molecular weight is 628 g/mol. The van der Waals surface area contributed by atoms with E-state index in [0.29, 0.717) is 12.2 Å². The first-order chi connectivity index (χ1) is 16.7. The number of amides is 1. The molecule has 11 heteroatoms. The first-order valence-electron chi connectivity index (χ1n) is 10.5. The Morgan fingerprint density at radius 2 is 1.86 bits per heavy atom. The molecule has 0 saturated carbocycles. The number of nitrogens with one attached hydrogen (secondary N) is 2. The van der Waals surface area contributed by atoms with Crippen LogP contribution in [0, 0.1) is 3.57 Å². The van der Waals surface area contributed by atoms with Gasteiger partial charge in [0.2, 0.25) is 10.0 Å². The van der Waals surface area contributed by atoms with Crippen LogP contribution in [0.4, 0.5) is 0 Å². The van der Waals surface area contributed by atoms with Crippen LogP contribution >= 0.6 is 34.2 Å². The summed E-state index contributed by atoms with van der Waals surface area (Å²) in [7, 11) is -3.97. The molecule has 0 aromatic heterocycles. The Bertz CT molecular complexity index is 1300. The minimum absolute atomic E-state index is 0.0504. The van der Waals surface area contributed by atoms with Crippen molar-refractivity contribution in [1.29, 1.82) is 0 Å². The third-order valence-electron chi connectivity index (χ3n) is 4.76. The molecule has 0 heterocycles. The molecular weight excluding hydrogens is 605 g/mol. The number of rotatable bonds is 10. The molecule has 0 unspecified atom stereocenters. The summed E-state index contributed by atoms with van der Waals surface area (Å²) in [6.45, 7) is 2.08. The molecule has 0 spiro atoms. The smallest absolute Gasteiger partial charge is 0.258 e. The van der Waals surface area contributed by atoms with Crippen molar-refractivity contribution in [1.82, 2.24) is 10.1 Å². The van der Waals surface area contributed by atoms with Crippen LogP contribution < -0.4 is 14.9 Å². The zero-order chi connectivity index (χ0) is 25.4. The van der Waals surface area contributed by atoms with Crippen molar-refractivity contribution in [3.8, 4) is 11.5 Å². The summed E-state index contributed by atoms with van der Waals surface area (Å²) < 4.78 is 34.6. The molecule has 0 aliphatic rings. The highest BCUT2D eigenvalue weighted by atomic mass is 127. The lowest BCUT2D eigenvalue weighted by Crippen LogP contribution is -2.46. The van der Waals surface area contributed by atoms with Crippen LogP contribution in [-0.2, 0) is 21.2 Å². The number of hydrogen-bond acceptors (Lipinski definition) is 6. The number of phenolic OH excluding ortho intramolecular Hbond substituents is 1. The van der Waals surface area contributed by atoms with Gasteiger partial charge in [-0.2, -0.15) is 9.82 Å². The van der Waals surface area contributed by atoms with Crippen molar-refractivity contribution in [3.05, 3.63) is 86.4 Å². The molecule has 0 bridgehead atoms. The van der Waals surface area contributed by atoms with Gasteiger partial charge in [-0.05, 0) is 83.5 Å². The maximum atomic E-state index is 12.9. The third kappa shape index (κ3) is 7.66. The number of aromatic hydroxyl groups is 1. The Labute approximate surface area is 222 Å². The normalized spacial score (nSPS) is 12.4. The molecule has 0 fully saturated rings. The number of hydrazone groups is 1. The number of sulfonamides is 1. The highest BCUT2D eigenvalue weighted by molar-refractivity contribution is 14.1. The third-order valence-corrected chi connectivity index (χ3v) is 7.25. The van der Waals surface area contributed by atoms with Crippen molar-refractivity contribution in [2.45, 2.75) is 24.3 Å². The molecule has 3 aromatic carbocycles. The maximum Gasteiger partial charge on any atom is 0.258 e.